The predicted octanol–water partition coefficient (Wildman–Crippen LogP) is 1.30. The van der Waals surface area contributed by atoms with Gasteiger partial charge in [-0.15, -0.1) is 11.8 Å². The summed E-state index contributed by atoms with van der Waals surface area (Å²) in [6.07, 6.45) is 0.715. The molecule has 0 bridgehead atoms. The topological polar surface area (TPSA) is 140 Å². The summed E-state index contributed by atoms with van der Waals surface area (Å²) in [6.45, 7) is 1.22. The van der Waals surface area contributed by atoms with Gasteiger partial charge in [-0.25, -0.2) is 4.79 Å². The lowest BCUT2D eigenvalue weighted by Crippen LogP contribution is -2.37. The van der Waals surface area contributed by atoms with E-state index in [9.17, 15) is 24.1 Å². The minimum absolute atomic E-state index is 0.113. The molecular formula is C17H20N3O8PS. The molecule has 2 aromatic rings. The van der Waals surface area contributed by atoms with E-state index in [1.54, 1.807) is 30.3 Å². The molecule has 1 saturated heterocycles. The van der Waals surface area contributed by atoms with Crippen molar-refractivity contribution in [2.75, 3.05) is 12.4 Å². The van der Waals surface area contributed by atoms with Crippen molar-refractivity contribution < 1.29 is 28.6 Å². The lowest BCUT2D eigenvalue weighted by Gasteiger charge is -2.25. The second kappa shape index (κ2) is 10.1. The van der Waals surface area contributed by atoms with Crippen LogP contribution in [0.1, 0.15) is 13.2 Å². The van der Waals surface area contributed by atoms with E-state index >= 15 is 0 Å². The SMILES string of the molecule is CC(C(=O)O)N(Oc1ccccc1)[PH](=O)OC[C@@H]1O[C@H](n2ccc(=O)[nH]c2=O)CS1. The van der Waals surface area contributed by atoms with Gasteiger partial charge in [0.05, 0.1) is 6.61 Å². The van der Waals surface area contributed by atoms with Crippen LogP contribution in [0.25, 0.3) is 0 Å². The van der Waals surface area contributed by atoms with E-state index in [4.69, 9.17) is 14.1 Å². The minimum Gasteiger partial charge on any atom is -0.480 e. The number of hydroxylamine groups is 1. The highest BCUT2D eigenvalue weighted by molar-refractivity contribution is 8.00. The van der Waals surface area contributed by atoms with Gasteiger partial charge < -0.3 is 19.2 Å². The van der Waals surface area contributed by atoms with Crippen LogP contribution in [0, 0.1) is 0 Å². The van der Waals surface area contributed by atoms with Crippen LogP contribution in [0.4, 0.5) is 0 Å². The molecule has 4 atom stereocenters. The molecule has 1 aromatic carbocycles. The van der Waals surface area contributed by atoms with Crippen LogP contribution in [-0.2, 0) is 18.6 Å². The van der Waals surface area contributed by atoms with E-state index in [1.165, 1.54) is 35.5 Å². The summed E-state index contributed by atoms with van der Waals surface area (Å²) in [7, 11) is -3.08. The van der Waals surface area contributed by atoms with Crippen molar-refractivity contribution in [2.24, 2.45) is 0 Å². The standard InChI is InChI=1S/C17H20N3O8PS/c1-11(16(22)23)20(28-12-5-3-2-4-6-12)29(25)26-9-15-27-14(10-30-15)19-8-7-13(21)18-17(19)24/h2-8,11,14-15,29H,9-10H2,1H3,(H,22,23)(H,18,21,24)/t11?,14-,15+/m0/s1. The molecule has 2 heterocycles. The molecule has 1 aliphatic rings. The van der Waals surface area contributed by atoms with Crippen molar-refractivity contribution in [2.45, 2.75) is 24.6 Å². The summed E-state index contributed by atoms with van der Waals surface area (Å²) < 4.78 is 24.9. The Morgan fingerprint density at radius 3 is 2.80 bits per heavy atom. The number of nitrogens with one attached hydrogen (secondary N) is 1. The van der Waals surface area contributed by atoms with Crippen LogP contribution < -0.4 is 16.1 Å². The molecular weight excluding hydrogens is 437 g/mol. The molecule has 0 radical (unpaired) electrons. The zero-order chi connectivity index (χ0) is 21.7. The number of benzene rings is 1. The molecule has 1 fully saturated rings. The van der Waals surface area contributed by atoms with Gasteiger partial charge in [0.1, 0.15) is 23.5 Å². The van der Waals surface area contributed by atoms with Gasteiger partial charge in [-0.1, -0.05) is 23.0 Å². The lowest BCUT2D eigenvalue weighted by molar-refractivity contribution is -0.148. The third kappa shape index (κ3) is 5.61. The van der Waals surface area contributed by atoms with Gasteiger partial charge in [-0.05, 0) is 19.1 Å². The zero-order valence-corrected chi connectivity index (χ0v) is 17.6. The Balaban J connectivity index is 1.60. The van der Waals surface area contributed by atoms with Gasteiger partial charge in [-0.3, -0.25) is 23.7 Å². The average molecular weight is 457 g/mol. The average Bonchev–Trinajstić information content (AvgIpc) is 3.19. The van der Waals surface area contributed by atoms with Gasteiger partial charge in [-0.2, -0.15) is 0 Å². The summed E-state index contributed by atoms with van der Waals surface area (Å²) in [5.74, 6) is -0.495. The summed E-state index contributed by atoms with van der Waals surface area (Å²) in [5, 5.41) is 9.28. The second-order valence-corrected chi connectivity index (χ2v) is 8.65. The molecule has 11 nitrogen and oxygen atoms in total. The van der Waals surface area contributed by atoms with Gasteiger partial charge in [0, 0.05) is 18.0 Å². The molecule has 0 amide bonds. The third-order valence-corrected chi connectivity index (χ3v) is 6.42. The number of aromatic nitrogens is 2. The number of thioether (sulfide) groups is 1. The number of hydrogen-bond acceptors (Lipinski definition) is 8. The number of aliphatic carboxylic acids is 1. The monoisotopic (exact) mass is 457 g/mol. The second-order valence-electron chi connectivity index (χ2n) is 6.19. The highest BCUT2D eigenvalue weighted by Crippen LogP contribution is 2.36. The van der Waals surface area contributed by atoms with Gasteiger partial charge >= 0.3 is 11.7 Å². The van der Waals surface area contributed by atoms with Crippen molar-refractivity contribution in [1.29, 1.82) is 0 Å². The molecule has 13 heteroatoms. The fraction of sp³-hybridized carbons (Fsp3) is 0.353. The van der Waals surface area contributed by atoms with Crippen LogP contribution in [0.5, 0.6) is 5.75 Å². The van der Waals surface area contributed by atoms with E-state index in [0.29, 0.717) is 11.5 Å². The first-order valence-electron chi connectivity index (χ1n) is 8.85. The van der Waals surface area contributed by atoms with Crippen molar-refractivity contribution in [3.63, 3.8) is 0 Å². The van der Waals surface area contributed by atoms with Gasteiger partial charge in [0.2, 0.25) is 0 Å². The molecule has 30 heavy (non-hydrogen) atoms. The van der Waals surface area contributed by atoms with E-state index in [2.05, 4.69) is 4.98 Å². The number of ether oxygens (including phenoxy) is 1. The Labute approximate surface area is 175 Å². The van der Waals surface area contributed by atoms with E-state index in [-0.39, 0.29) is 6.61 Å². The fourth-order valence-corrected chi connectivity index (χ4v) is 4.64. The maximum atomic E-state index is 12.6. The summed E-state index contributed by atoms with van der Waals surface area (Å²) in [4.78, 5) is 42.8. The lowest BCUT2D eigenvalue weighted by atomic mass is 10.3. The molecule has 162 valence electrons. The number of para-hydroxylation sites is 1. The zero-order valence-electron chi connectivity index (χ0n) is 15.8. The first-order valence-corrected chi connectivity index (χ1v) is 11.2. The molecule has 2 unspecified atom stereocenters. The van der Waals surface area contributed by atoms with Crippen LogP contribution >= 0.6 is 19.9 Å². The Kier molecular flexibility index (Phi) is 7.51. The Morgan fingerprint density at radius 2 is 2.13 bits per heavy atom. The number of rotatable bonds is 9. The first kappa shape index (κ1) is 22.3. The first-order chi connectivity index (χ1) is 14.3. The van der Waals surface area contributed by atoms with E-state index in [1.807, 2.05) is 0 Å². The van der Waals surface area contributed by atoms with Crippen molar-refractivity contribution in [3.05, 3.63) is 63.4 Å². The minimum atomic E-state index is -3.08. The molecule has 2 N–H and O–H groups in total. The fourth-order valence-electron chi connectivity index (χ4n) is 2.50. The number of H-pyrrole nitrogens is 1. The van der Waals surface area contributed by atoms with E-state index < -0.39 is 43.1 Å². The maximum Gasteiger partial charge on any atom is 0.330 e. The molecule has 3 rings (SSSR count). The van der Waals surface area contributed by atoms with Gasteiger partial charge in [0.25, 0.3) is 13.7 Å². The maximum absolute atomic E-state index is 12.6. The highest BCUT2D eigenvalue weighted by atomic mass is 32.2. The number of carboxylic acids is 1. The van der Waals surface area contributed by atoms with Crippen LogP contribution in [0.15, 0.2) is 52.2 Å². The third-order valence-electron chi connectivity index (χ3n) is 4.07. The Bertz CT molecular complexity index is 1010. The van der Waals surface area contributed by atoms with Crippen molar-refractivity contribution in [3.8, 4) is 5.75 Å². The number of carboxylic acid groups (broad SMARTS) is 1. The summed E-state index contributed by atoms with van der Waals surface area (Å²) in [6, 6.07) is 8.33. The Morgan fingerprint density at radius 1 is 1.40 bits per heavy atom. The van der Waals surface area contributed by atoms with Crippen LogP contribution in [0.2, 0.25) is 0 Å². The quantitative estimate of drug-likeness (QED) is 0.418. The molecule has 1 aliphatic heterocycles. The van der Waals surface area contributed by atoms with Crippen LogP contribution in [0.3, 0.4) is 0 Å². The normalized spacial score (nSPS) is 20.7. The Hall–Kier alpha value is -2.37. The number of hydrogen-bond donors (Lipinski definition) is 2. The van der Waals surface area contributed by atoms with Crippen molar-refractivity contribution in [1.82, 2.24) is 14.4 Å². The smallest absolute Gasteiger partial charge is 0.330 e. The molecule has 0 saturated carbocycles. The highest BCUT2D eigenvalue weighted by Gasteiger charge is 2.32. The molecule has 0 aliphatic carbocycles. The summed E-state index contributed by atoms with van der Waals surface area (Å²) in [5.41, 5.74) is -1.64. The van der Waals surface area contributed by atoms with Crippen LogP contribution in [-0.4, -0.2) is 49.3 Å². The van der Waals surface area contributed by atoms with E-state index in [0.717, 1.165) is 4.83 Å². The number of aromatic amines is 1. The molecule has 0 spiro atoms. The predicted molar refractivity (Wildman–Crippen MR) is 109 cm³/mol. The van der Waals surface area contributed by atoms with Gasteiger partial charge in [0.15, 0.2) is 0 Å². The number of carbonyl (C=O) groups is 1. The molecule has 1 aromatic heterocycles. The largest absolute Gasteiger partial charge is 0.480 e. The van der Waals surface area contributed by atoms with Crippen molar-refractivity contribution >= 4 is 25.9 Å². The summed E-state index contributed by atoms with van der Waals surface area (Å²) >= 11 is 1.33. The number of nitrogens with zero attached hydrogens (tertiary/aromatic N) is 2.